The molecule has 7 heterocycles. The molecule has 4 bridgehead atoms. The van der Waals surface area contributed by atoms with Crippen molar-refractivity contribution in [1.29, 1.82) is 0 Å². The number of halogens is 3. The molecule has 372 valence electrons. The van der Waals surface area contributed by atoms with Crippen LogP contribution < -0.4 is 18.9 Å². The monoisotopic (exact) mass is 1040 g/mol. The number of aliphatic carboxylic acids is 1. The summed E-state index contributed by atoms with van der Waals surface area (Å²) in [7, 11) is 2.09. The minimum Gasteiger partial charge on any atom is -0.490 e. The number of carboxylic acids is 1. The van der Waals surface area contributed by atoms with Crippen LogP contribution >= 0.6 is 34.5 Å². The van der Waals surface area contributed by atoms with Gasteiger partial charge in [-0.1, -0.05) is 47.2 Å². The van der Waals surface area contributed by atoms with Crippen molar-refractivity contribution in [3.05, 3.63) is 118 Å². The summed E-state index contributed by atoms with van der Waals surface area (Å²) in [6, 6.07) is 16.5. The van der Waals surface area contributed by atoms with Gasteiger partial charge in [0, 0.05) is 84.7 Å². The van der Waals surface area contributed by atoms with Gasteiger partial charge in [-0.3, -0.25) is 4.90 Å². The third-order valence-corrected chi connectivity index (χ3v) is 14.3. The first-order valence-corrected chi connectivity index (χ1v) is 24.9. The first-order valence-electron chi connectivity index (χ1n) is 23.3. The predicted octanol–water partition coefficient (Wildman–Crippen LogP) is 7.67. The van der Waals surface area contributed by atoms with Crippen LogP contribution in [0.15, 0.2) is 95.7 Å². The van der Waals surface area contributed by atoms with Crippen LogP contribution in [0, 0.1) is 17.7 Å². The zero-order valence-corrected chi connectivity index (χ0v) is 41.5. The molecule has 4 atom stereocenters. The van der Waals surface area contributed by atoms with Crippen molar-refractivity contribution in [3.8, 4) is 56.9 Å². The second-order valence-corrected chi connectivity index (χ2v) is 19.3. The molecule has 6 aromatic rings. The molecule has 1 N–H and O–H groups in total. The van der Waals surface area contributed by atoms with Gasteiger partial charge >= 0.3 is 5.97 Å². The lowest BCUT2D eigenvalue weighted by molar-refractivity contribution is -0.145. The lowest BCUT2D eigenvalue weighted by Crippen LogP contribution is -2.48. The van der Waals surface area contributed by atoms with E-state index in [0.717, 1.165) is 26.2 Å². The fourth-order valence-electron chi connectivity index (χ4n) is 8.55. The Bertz CT molecular complexity index is 3080. The lowest BCUT2D eigenvalue weighted by Gasteiger charge is -2.35. The molecule has 1 aliphatic carbocycles. The molecule has 16 nitrogen and oxygen atoms in total. The number of carboxylic acid groups (broad SMARTS) is 1. The number of alkyl halides is 1. The van der Waals surface area contributed by atoms with E-state index in [4.69, 9.17) is 61.3 Å². The van der Waals surface area contributed by atoms with E-state index in [2.05, 4.69) is 48.6 Å². The van der Waals surface area contributed by atoms with Gasteiger partial charge in [0.05, 0.1) is 35.9 Å². The van der Waals surface area contributed by atoms with Gasteiger partial charge in [-0.15, -0.1) is 11.3 Å². The summed E-state index contributed by atoms with van der Waals surface area (Å²) in [4.78, 5) is 41.8. The summed E-state index contributed by atoms with van der Waals surface area (Å²) in [6.07, 6.45) is 2.15. The number of hydrogen-bond acceptors (Lipinski definition) is 16. The highest BCUT2D eigenvalue weighted by Gasteiger charge is 2.32. The van der Waals surface area contributed by atoms with Gasteiger partial charge in [-0.05, 0) is 67.6 Å². The van der Waals surface area contributed by atoms with Crippen LogP contribution in [0.5, 0.6) is 23.3 Å². The zero-order chi connectivity index (χ0) is 49.7. The van der Waals surface area contributed by atoms with Gasteiger partial charge in [0.25, 0.3) is 0 Å². The van der Waals surface area contributed by atoms with Crippen molar-refractivity contribution >= 4 is 56.3 Å². The van der Waals surface area contributed by atoms with Crippen LogP contribution in [-0.4, -0.2) is 142 Å². The molecule has 2 aromatic carbocycles. The van der Waals surface area contributed by atoms with Crippen LogP contribution in [-0.2, 0) is 32.0 Å². The van der Waals surface area contributed by atoms with Crippen LogP contribution in [0.2, 0.25) is 0 Å². The quantitative estimate of drug-likeness (QED) is 0.0989. The Balaban J connectivity index is 1.00. The number of piperazine rings is 1. The number of allylic oxidation sites excluding steroid dienone is 4. The Hall–Kier alpha value is -6.43. The van der Waals surface area contributed by atoms with Crippen molar-refractivity contribution in [1.82, 2.24) is 34.7 Å². The smallest absolute Gasteiger partial charge is 0.345 e. The summed E-state index contributed by atoms with van der Waals surface area (Å²) >= 11 is 15.7. The van der Waals surface area contributed by atoms with Crippen LogP contribution in [0.3, 0.4) is 0 Å². The number of aromatic nitrogens is 5. The number of benzene rings is 2. The predicted molar refractivity (Wildman–Crippen MR) is 268 cm³/mol. The molecule has 10 rings (SSSR count). The SMILES string of the molecule is CC1=C2C#CC(Cl)C(=C1Cl)O[C@H](CN1CCN(C)CC1)COc1ccc(OCc3ccnc(-c4ccc(OC[C@@H]5COCCO5)nc4)n3)c(c1)C[C@H](C(=O)O)Oc1ncnc3sc(-c4ccc(F)cc4)c2c13. The number of hydrogen-bond donors (Lipinski definition) is 1. The summed E-state index contributed by atoms with van der Waals surface area (Å²) in [5.74, 6) is 6.63. The number of nitrogens with zero attached hydrogens (tertiary/aromatic N) is 7. The molecular weight excluding hydrogens is 989 g/mol. The van der Waals surface area contributed by atoms with Gasteiger partial charge in [-0.25, -0.2) is 34.1 Å². The molecule has 0 spiro atoms. The first kappa shape index (κ1) is 49.2. The molecule has 2 fully saturated rings. The zero-order valence-electron chi connectivity index (χ0n) is 39.2. The molecule has 0 saturated carbocycles. The Morgan fingerprint density at radius 3 is 2.57 bits per heavy atom. The third-order valence-electron chi connectivity index (χ3n) is 12.4. The van der Waals surface area contributed by atoms with Crippen LogP contribution in [0.4, 0.5) is 4.39 Å². The minimum atomic E-state index is -1.50. The van der Waals surface area contributed by atoms with E-state index in [1.807, 2.05) is 13.0 Å². The summed E-state index contributed by atoms with van der Waals surface area (Å²) < 4.78 is 57.5. The Labute approximate surface area is 428 Å². The summed E-state index contributed by atoms with van der Waals surface area (Å²) in [6.45, 7) is 7.62. The van der Waals surface area contributed by atoms with Crippen molar-refractivity contribution < 1.29 is 47.4 Å². The standard InChI is InChI=1S/C52H48Cl2FN7O9S/c1-30-39-9-10-40(53)47(46(30)54)70-37(24-62-17-15-61(2)16-18-62)27-67-36-8-11-41(68-25-35-13-14-56-49(60-35)32-5-12-43(57-23-32)69-28-38-26-65-19-20-66-38)33(21-36)22-42(52(63)64)71-50-45-44(39)48(72-51(45)59-29-58-50)31-3-6-34(55)7-4-31/h3-8,11-14,21,23,29,37-38,40,42H,15-20,22,24-28H2,1-2H3,(H,63,64)/t37-,38+,40?,42-/m1/s1. The maximum atomic E-state index is 14.4. The normalized spacial score (nSPS) is 20.9. The number of carbonyl (C=O) groups is 1. The van der Waals surface area contributed by atoms with E-state index in [0.29, 0.717) is 110 Å². The van der Waals surface area contributed by atoms with Crippen LogP contribution in [0.25, 0.3) is 37.6 Å². The second-order valence-electron chi connectivity index (χ2n) is 17.5. The maximum Gasteiger partial charge on any atom is 0.345 e. The highest BCUT2D eigenvalue weighted by molar-refractivity contribution is 7.22. The fraction of sp³-hybridized carbons (Fsp3) is 0.346. The van der Waals surface area contributed by atoms with E-state index < -0.39 is 29.4 Å². The average molecular weight is 1040 g/mol. The molecule has 0 radical (unpaired) electrons. The number of pyridine rings is 1. The van der Waals surface area contributed by atoms with Crippen molar-refractivity contribution in [3.63, 3.8) is 0 Å². The Kier molecular flexibility index (Phi) is 15.1. The third kappa shape index (κ3) is 11.3. The Morgan fingerprint density at radius 2 is 1.79 bits per heavy atom. The second kappa shape index (κ2) is 22.1. The van der Waals surface area contributed by atoms with E-state index in [9.17, 15) is 14.3 Å². The van der Waals surface area contributed by atoms with Gasteiger partial charge in [0.2, 0.25) is 17.9 Å². The number of ether oxygens (including phenoxy) is 7. The summed E-state index contributed by atoms with van der Waals surface area (Å²) in [5.41, 5.74) is 3.86. The molecule has 0 amide bonds. The van der Waals surface area contributed by atoms with E-state index in [1.165, 1.54) is 29.8 Å². The van der Waals surface area contributed by atoms with Gasteiger partial charge in [0.1, 0.15) is 66.3 Å². The van der Waals surface area contributed by atoms with Crippen molar-refractivity contribution in [2.75, 3.05) is 72.8 Å². The number of thiophene rings is 1. The van der Waals surface area contributed by atoms with Gasteiger partial charge in [-0.2, -0.15) is 0 Å². The molecule has 72 heavy (non-hydrogen) atoms. The maximum absolute atomic E-state index is 14.4. The van der Waals surface area contributed by atoms with Crippen molar-refractivity contribution in [2.24, 2.45) is 0 Å². The number of rotatable bonds is 11. The summed E-state index contributed by atoms with van der Waals surface area (Å²) in [5, 5.41) is 10.6. The highest BCUT2D eigenvalue weighted by atomic mass is 35.5. The highest BCUT2D eigenvalue weighted by Crippen LogP contribution is 2.47. The molecule has 20 heteroatoms. The van der Waals surface area contributed by atoms with Crippen LogP contribution in [0.1, 0.15) is 23.7 Å². The molecule has 4 aromatic heterocycles. The van der Waals surface area contributed by atoms with E-state index in [1.54, 1.807) is 54.9 Å². The molecule has 3 aliphatic heterocycles. The fourth-order valence-corrected chi connectivity index (χ4v) is 10.2. The van der Waals surface area contributed by atoms with Gasteiger partial charge in [0.15, 0.2) is 11.2 Å². The number of fused-ring (bicyclic) bond motifs is 4. The molecule has 2 saturated heterocycles. The topological polar surface area (TPSA) is 173 Å². The average Bonchev–Trinajstić information content (AvgIpc) is 3.75. The Morgan fingerprint density at radius 1 is 0.958 bits per heavy atom. The molecule has 4 aliphatic rings. The number of likely N-dealkylation sites (N-methyl/N-ethyl adjacent to an activating group) is 1. The first-order chi connectivity index (χ1) is 35.0. The lowest BCUT2D eigenvalue weighted by atomic mass is 9.96. The van der Waals surface area contributed by atoms with E-state index >= 15 is 0 Å². The largest absolute Gasteiger partial charge is 0.490 e. The van der Waals surface area contributed by atoms with E-state index in [-0.39, 0.29) is 42.4 Å². The minimum absolute atomic E-state index is 0.00224. The molecule has 1 unspecified atom stereocenters. The van der Waals surface area contributed by atoms with Gasteiger partial charge < -0.3 is 43.2 Å². The van der Waals surface area contributed by atoms with Crippen molar-refractivity contribution in [2.45, 2.75) is 43.6 Å². The molecular formula is C52H48Cl2FN7O9S.